The van der Waals surface area contributed by atoms with Crippen LogP contribution in [0, 0.1) is 0 Å². The molecule has 1 unspecified atom stereocenters. The molecule has 2 heterocycles. The van der Waals surface area contributed by atoms with Crippen LogP contribution in [0.15, 0.2) is 52.4 Å². The Bertz CT molecular complexity index is 1260. The number of aromatic amines is 1. The number of benzene rings is 2. The van der Waals surface area contributed by atoms with Crippen LogP contribution < -0.4 is 24.6 Å². The highest BCUT2D eigenvalue weighted by Gasteiger charge is 2.45. The topological polar surface area (TPSA) is 88.4 Å². The maximum Gasteiger partial charge on any atom is 0.325 e. The van der Waals surface area contributed by atoms with Crippen LogP contribution >= 0.6 is 11.8 Å². The Balaban J connectivity index is 1.93. The van der Waals surface area contributed by atoms with E-state index < -0.39 is 6.17 Å². The number of carbonyl (C=O) groups excluding carboxylic acids is 1. The fourth-order valence-corrected chi connectivity index (χ4v) is 5.06. The zero-order valence-electron chi connectivity index (χ0n) is 19.8. The molecule has 4 rings (SSSR count). The summed E-state index contributed by atoms with van der Waals surface area (Å²) in [5.74, 6) is 1.80. The summed E-state index contributed by atoms with van der Waals surface area (Å²) < 4.78 is 12.6. The van der Waals surface area contributed by atoms with E-state index in [1.54, 1.807) is 29.9 Å². The Hall–Kier alpha value is -3.33. The van der Waals surface area contributed by atoms with E-state index in [9.17, 15) is 9.59 Å². The molecule has 1 N–H and O–H groups in total. The molecule has 178 valence electrons. The van der Waals surface area contributed by atoms with Crippen LogP contribution in [0.1, 0.15) is 44.8 Å². The number of para-hydroxylation sites is 1. The largest absolute Gasteiger partial charge is 0.493 e. The van der Waals surface area contributed by atoms with Gasteiger partial charge in [0, 0.05) is 23.3 Å². The van der Waals surface area contributed by atoms with Crippen molar-refractivity contribution >= 4 is 23.4 Å². The van der Waals surface area contributed by atoms with E-state index in [1.165, 1.54) is 18.7 Å². The number of H-pyrrole nitrogens is 1. The van der Waals surface area contributed by atoms with Gasteiger partial charge in [0.15, 0.2) is 11.5 Å². The predicted molar refractivity (Wildman–Crippen MR) is 132 cm³/mol. The van der Waals surface area contributed by atoms with E-state index in [2.05, 4.69) is 11.9 Å². The van der Waals surface area contributed by atoms with Gasteiger partial charge in [0.1, 0.15) is 0 Å². The summed E-state index contributed by atoms with van der Waals surface area (Å²) in [7, 11) is 3.14. The van der Waals surface area contributed by atoms with Crippen molar-refractivity contribution in [2.75, 3.05) is 24.9 Å². The van der Waals surface area contributed by atoms with Crippen molar-refractivity contribution in [2.24, 2.45) is 0 Å². The normalized spacial score (nSPS) is 14.4. The number of fused-ring (bicyclic) bond motifs is 3. The summed E-state index contributed by atoms with van der Waals surface area (Å²) in [6.07, 6.45) is 2.61. The summed E-state index contributed by atoms with van der Waals surface area (Å²) in [4.78, 5) is 30.9. The fourth-order valence-electron chi connectivity index (χ4n) is 4.21. The van der Waals surface area contributed by atoms with Gasteiger partial charge in [-0.05, 0) is 41.4 Å². The number of aromatic nitrogens is 3. The Labute approximate surface area is 202 Å². The lowest BCUT2D eigenvalue weighted by Gasteiger charge is -2.31. The summed E-state index contributed by atoms with van der Waals surface area (Å²) in [5, 5.41) is 5.34. The molecule has 0 fully saturated rings. The summed E-state index contributed by atoms with van der Waals surface area (Å²) in [6.45, 7) is 3.67. The predicted octanol–water partition coefficient (Wildman–Crippen LogP) is 3.94. The number of nitrogens with one attached hydrogen (secondary N) is 1. The molecule has 9 heteroatoms. The highest BCUT2D eigenvalue weighted by molar-refractivity contribution is 7.99. The van der Waals surface area contributed by atoms with Gasteiger partial charge in [-0.25, -0.2) is 4.90 Å². The molecule has 1 atom stereocenters. The summed E-state index contributed by atoms with van der Waals surface area (Å²) in [5.41, 5.74) is 2.23. The van der Waals surface area contributed by atoms with Crippen LogP contribution in [-0.4, -0.2) is 36.0 Å². The van der Waals surface area contributed by atoms with Gasteiger partial charge < -0.3 is 9.47 Å². The highest BCUT2D eigenvalue weighted by Crippen LogP contribution is 2.39. The molecule has 1 amide bonds. The van der Waals surface area contributed by atoms with Crippen LogP contribution in [0.4, 0.5) is 5.69 Å². The Morgan fingerprint density at radius 2 is 1.91 bits per heavy atom. The van der Waals surface area contributed by atoms with E-state index in [-0.39, 0.29) is 11.5 Å². The number of amides is 1. The average Bonchev–Trinajstić information content (AvgIpc) is 2.85. The van der Waals surface area contributed by atoms with Crippen LogP contribution in [0.2, 0.25) is 0 Å². The lowest BCUT2D eigenvalue weighted by Crippen LogP contribution is -2.60. The van der Waals surface area contributed by atoms with Crippen LogP contribution in [-0.2, 0) is 4.79 Å². The molecule has 0 bridgehead atoms. The molecule has 1 aliphatic heterocycles. The SMILES string of the molecule is CCCCCSc1n[n+]2c(c(=O)[nH]1)-c1ccccc1N(C(C)=O)C2c1ccc(OC)c(OC)c1. The van der Waals surface area contributed by atoms with Crippen molar-refractivity contribution in [1.29, 1.82) is 0 Å². The molecular formula is C25H29N4O4S+. The van der Waals surface area contributed by atoms with E-state index in [1.807, 2.05) is 36.4 Å². The molecule has 3 aromatic rings. The lowest BCUT2D eigenvalue weighted by molar-refractivity contribution is -0.763. The van der Waals surface area contributed by atoms with Gasteiger partial charge in [-0.3, -0.25) is 14.6 Å². The van der Waals surface area contributed by atoms with E-state index >= 15 is 0 Å². The smallest absolute Gasteiger partial charge is 0.325 e. The van der Waals surface area contributed by atoms with Gasteiger partial charge in [-0.1, -0.05) is 43.7 Å². The first-order valence-corrected chi connectivity index (χ1v) is 12.3. The summed E-state index contributed by atoms with van der Waals surface area (Å²) in [6, 6.07) is 12.9. The first-order chi connectivity index (χ1) is 16.5. The Kier molecular flexibility index (Phi) is 7.21. The first-order valence-electron chi connectivity index (χ1n) is 11.3. The fraction of sp³-hybridized carbons (Fsp3) is 0.360. The van der Waals surface area contributed by atoms with Crippen LogP contribution in [0.3, 0.4) is 0 Å². The van der Waals surface area contributed by atoms with Gasteiger partial charge in [0.05, 0.1) is 25.5 Å². The number of thioether (sulfide) groups is 1. The van der Waals surface area contributed by atoms with Gasteiger partial charge in [0.2, 0.25) is 11.1 Å². The molecular weight excluding hydrogens is 452 g/mol. The number of hydrogen-bond acceptors (Lipinski definition) is 6. The van der Waals surface area contributed by atoms with E-state index in [4.69, 9.17) is 14.6 Å². The molecule has 0 aliphatic carbocycles. The van der Waals surface area contributed by atoms with Crippen molar-refractivity contribution < 1.29 is 19.0 Å². The zero-order chi connectivity index (χ0) is 24.2. The lowest BCUT2D eigenvalue weighted by atomic mass is 10.0. The maximum atomic E-state index is 13.3. The third kappa shape index (κ3) is 4.40. The Morgan fingerprint density at radius 3 is 2.62 bits per heavy atom. The molecule has 34 heavy (non-hydrogen) atoms. The number of nitrogens with zero attached hydrogens (tertiary/aromatic N) is 3. The molecule has 0 spiro atoms. The number of carbonyl (C=O) groups is 1. The molecule has 0 saturated carbocycles. The minimum absolute atomic E-state index is 0.162. The van der Waals surface area contributed by atoms with Crippen LogP contribution in [0.5, 0.6) is 11.5 Å². The number of rotatable bonds is 8. The van der Waals surface area contributed by atoms with Crippen molar-refractivity contribution in [3.63, 3.8) is 0 Å². The van der Waals surface area contributed by atoms with Gasteiger partial charge in [-0.2, -0.15) is 0 Å². The summed E-state index contributed by atoms with van der Waals surface area (Å²) >= 11 is 1.51. The highest BCUT2D eigenvalue weighted by atomic mass is 32.2. The Morgan fingerprint density at radius 1 is 1.15 bits per heavy atom. The van der Waals surface area contributed by atoms with Crippen molar-refractivity contribution in [1.82, 2.24) is 10.1 Å². The average molecular weight is 482 g/mol. The number of anilines is 1. The number of unbranched alkanes of at least 4 members (excludes halogenated alkanes) is 2. The molecule has 1 aliphatic rings. The second-order valence-corrected chi connectivity index (χ2v) is 9.09. The van der Waals surface area contributed by atoms with Gasteiger partial charge in [-0.15, -0.1) is 0 Å². The standard InChI is InChI=1S/C25H28N4O4S/c1-5-6-9-14-34-25-26-23(31)22-18-10-7-8-11-19(18)28(16(2)30)24(29(22)27-25)17-12-13-20(32-3)21(15-17)33-4/h7-8,10-13,15,24H,5-6,9,14H2,1-4H3/p+1. The zero-order valence-corrected chi connectivity index (χ0v) is 20.6. The molecule has 8 nitrogen and oxygen atoms in total. The van der Waals surface area contributed by atoms with Crippen LogP contribution in [0.25, 0.3) is 11.3 Å². The molecule has 0 radical (unpaired) electrons. The number of methoxy groups -OCH3 is 2. The third-order valence-electron chi connectivity index (χ3n) is 5.79. The van der Waals surface area contributed by atoms with E-state index in [0.717, 1.165) is 30.6 Å². The quantitative estimate of drug-likeness (QED) is 0.298. The van der Waals surface area contributed by atoms with Crippen molar-refractivity contribution in [3.8, 4) is 22.8 Å². The minimum atomic E-state index is -0.667. The van der Waals surface area contributed by atoms with Crippen molar-refractivity contribution in [2.45, 2.75) is 44.4 Å². The minimum Gasteiger partial charge on any atom is -0.493 e. The third-order valence-corrected chi connectivity index (χ3v) is 6.74. The van der Waals surface area contributed by atoms with E-state index in [0.29, 0.717) is 33.6 Å². The molecule has 2 aromatic carbocycles. The first kappa shape index (κ1) is 23.8. The second-order valence-electron chi connectivity index (χ2n) is 8.00. The van der Waals surface area contributed by atoms with Crippen molar-refractivity contribution in [3.05, 3.63) is 58.4 Å². The maximum absolute atomic E-state index is 13.3. The number of hydrogen-bond donors (Lipinski definition) is 1. The molecule has 0 saturated heterocycles. The monoisotopic (exact) mass is 481 g/mol. The molecule has 1 aromatic heterocycles. The number of ether oxygens (including phenoxy) is 2. The second kappa shape index (κ2) is 10.3. The van der Waals surface area contributed by atoms with Gasteiger partial charge in [0.25, 0.3) is 6.17 Å². The van der Waals surface area contributed by atoms with Gasteiger partial charge >= 0.3 is 11.3 Å².